The Balaban J connectivity index is 2.23. The lowest BCUT2D eigenvalue weighted by Crippen LogP contribution is -2.17. The van der Waals surface area contributed by atoms with Crippen LogP contribution in [-0.4, -0.2) is 20.4 Å². The van der Waals surface area contributed by atoms with E-state index in [0.29, 0.717) is 11.3 Å². The van der Waals surface area contributed by atoms with Gasteiger partial charge in [-0.15, -0.1) is 16.4 Å². The monoisotopic (exact) mass is 267 g/mol. The van der Waals surface area contributed by atoms with Crippen LogP contribution in [0.5, 0.6) is 0 Å². The standard InChI is InChI=1S/C11H13N3OS2/c1-11(2,3)10-9(17-14-13-10)8(15)4-7-5-12-6-16-7/h5-6H,4H2,1-3H3. The van der Waals surface area contributed by atoms with Gasteiger partial charge >= 0.3 is 0 Å². The van der Waals surface area contributed by atoms with Crippen LogP contribution in [0.2, 0.25) is 0 Å². The van der Waals surface area contributed by atoms with E-state index in [1.54, 1.807) is 11.7 Å². The first kappa shape index (κ1) is 12.3. The molecule has 2 heterocycles. The lowest BCUT2D eigenvalue weighted by atomic mass is 9.90. The fourth-order valence-electron chi connectivity index (χ4n) is 1.43. The number of ketones is 1. The third-order valence-corrected chi connectivity index (χ3v) is 3.82. The number of carbonyl (C=O) groups is 1. The summed E-state index contributed by atoms with van der Waals surface area (Å²) in [5.74, 6) is 0.0779. The Morgan fingerprint density at radius 3 is 2.76 bits per heavy atom. The lowest BCUT2D eigenvalue weighted by Gasteiger charge is -2.15. The molecule has 4 nitrogen and oxygen atoms in total. The van der Waals surface area contributed by atoms with Gasteiger partial charge in [0, 0.05) is 22.9 Å². The van der Waals surface area contributed by atoms with Crippen molar-refractivity contribution in [1.29, 1.82) is 0 Å². The molecule has 0 aliphatic heterocycles. The quantitative estimate of drug-likeness (QED) is 0.802. The zero-order valence-electron chi connectivity index (χ0n) is 9.93. The highest BCUT2D eigenvalue weighted by Gasteiger charge is 2.26. The Bertz CT molecular complexity index is 511. The molecule has 0 spiro atoms. The molecule has 2 rings (SSSR count). The van der Waals surface area contributed by atoms with Crippen LogP contribution in [0, 0.1) is 0 Å². The summed E-state index contributed by atoms with van der Waals surface area (Å²) in [7, 11) is 0. The summed E-state index contributed by atoms with van der Waals surface area (Å²) in [6.07, 6.45) is 2.12. The van der Waals surface area contributed by atoms with Crippen LogP contribution < -0.4 is 0 Å². The maximum Gasteiger partial charge on any atom is 0.181 e. The number of hydrogen-bond acceptors (Lipinski definition) is 6. The van der Waals surface area contributed by atoms with Gasteiger partial charge in [-0.1, -0.05) is 25.3 Å². The molecule has 0 saturated carbocycles. The van der Waals surface area contributed by atoms with Crippen molar-refractivity contribution < 1.29 is 4.79 Å². The molecule has 6 heteroatoms. The molecule has 0 radical (unpaired) electrons. The smallest absolute Gasteiger partial charge is 0.181 e. The summed E-state index contributed by atoms with van der Waals surface area (Å²) in [5, 5.41) is 4.07. The molecule has 0 atom stereocenters. The number of Topliss-reactive ketones (excluding diaryl/α,β-unsaturated/α-hetero) is 1. The van der Waals surface area contributed by atoms with Crippen molar-refractivity contribution in [2.24, 2.45) is 0 Å². The third-order valence-electron chi connectivity index (χ3n) is 2.27. The summed E-state index contributed by atoms with van der Waals surface area (Å²) >= 11 is 2.67. The molecule has 2 aromatic heterocycles. The average Bonchev–Trinajstić information content (AvgIpc) is 2.85. The number of thiazole rings is 1. The van der Waals surface area contributed by atoms with Crippen LogP contribution in [0.25, 0.3) is 0 Å². The topological polar surface area (TPSA) is 55.7 Å². The fourth-order valence-corrected chi connectivity index (χ4v) is 2.84. The molecule has 0 aliphatic rings. The van der Waals surface area contributed by atoms with Crippen LogP contribution in [0.4, 0.5) is 0 Å². The van der Waals surface area contributed by atoms with Gasteiger partial charge in [0.15, 0.2) is 5.78 Å². The first-order chi connectivity index (χ1) is 7.98. The maximum atomic E-state index is 12.1. The second-order valence-electron chi connectivity index (χ2n) is 4.77. The fraction of sp³-hybridized carbons (Fsp3) is 0.455. The van der Waals surface area contributed by atoms with Crippen molar-refractivity contribution in [2.45, 2.75) is 32.6 Å². The van der Waals surface area contributed by atoms with Gasteiger partial charge in [0.05, 0.1) is 11.2 Å². The van der Waals surface area contributed by atoms with Crippen LogP contribution in [0.15, 0.2) is 11.7 Å². The van der Waals surface area contributed by atoms with Crippen molar-refractivity contribution in [1.82, 2.24) is 14.6 Å². The Morgan fingerprint density at radius 2 is 2.18 bits per heavy atom. The molecular formula is C11H13N3OS2. The SMILES string of the molecule is CC(C)(C)c1nnsc1C(=O)Cc1cncs1. The Morgan fingerprint density at radius 1 is 1.41 bits per heavy atom. The second kappa shape index (κ2) is 4.62. The maximum absolute atomic E-state index is 12.1. The van der Waals surface area contributed by atoms with Crippen molar-refractivity contribution >= 4 is 28.7 Å². The Kier molecular flexibility index (Phi) is 3.35. The van der Waals surface area contributed by atoms with Crippen molar-refractivity contribution in [2.75, 3.05) is 0 Å². The normalized spacial score (nSPS) is 11.7. The van der Waals surface area contributed by atoms with Crippen molar-refractivity contribution in [3.05, 3.63) is 27.2 Å². The van der Waals surface area contributed by atoms with E-state index in [0.717, 1.165) is 10.6 Å². The summed E-state index contributed by atoms with van der Waals surface area (Å²) < 4.78 is 3.90. The lowest BCUT2D eigenvalue weighted by molar-refractivity contribution is 0.0995. The molecule has 90 valence electrons. The number of carbonyl (C=O) groups excluding carboxylic acids is 1. The van der Waals surface area contributed by atoms with Gasteiger partial charge in [0.2, 0.25) is 0 Å². The minimum absolute atomic E-state index is 0.0779. The molecular weight excluding hydrogens is 254 g/mol. The van der Waals surface area contributed by atoms with Gasteiger partial charge in [-0.3, -0.25) is 9.78 Å². The van der Waals surface area contributed by atoms with E-state index in [1.807, 2.05) is 20.8 Å². The molecule has 0 aliphatic carbocycles. The van der Waals surface area contributed by atoms with Gasteiger partial charge < -0.3 is 0 Å². The Labute approximate surface area is 108 Å². The number of nitrogens with zero attached hydrogens (tertiary/aromatic N) is 3. The van der Waals surface area contributed by atoms with Crippen LogP contribution in [0.1, 0.15) is 41.0 Å². The summed E-state index contributed by atoms with van der Waals surface area (Å²) in [5.41, 5.74) is 2.38. The largest absolute Gasteiger partial charge is 0.293 e. The zero-order chi connectivity index (χ0) is 12.5. The van der Waals surface area contributed by atoms with Gasteiger partial charge in [0.25, 0.3) is 0 Å². The molecule has 0 saturated heterocycles. The van der Waals surface area contributed by atoms with Crippen LogP contribution in [-0.2, 0) is 11.8 Å². The van der Waals surface area contributed by atoms with E-state index < -0.39 is 0 Å². The van der Waals surface area contributed by atoms with E-state index >= 15 is 0 Å². The summed E-state index contributed by atoms with van der Waals surface area (Å²) in [6.45, 7) is 6.10. The molecule has 0 unspecified atom stereocenters. The highest BCUT2D eigenvalue weighted by Crippen LogP contribution is 2.27. The highest BCUT2D eigenvalue weighted by atomic mass is 32.1. The van der Waals surface area contributed by atoms with E-state index in [1.165, 1.54) is 22.9 Å². The van der Waals surface area contributed by atoms with E-state index in [-0.39, 0.29) is 11.2 Å². The third kappa shape index (κ3) is 2.76. The van der Waals surface area contributed by atoms with Crippen LogP contribution >= 0.6 is 22.9 Å². The zero-order valence-corrected chi connectivity index (χ0v) is 11.6. The van der Waals surface area contributed by atoms with E-state index in [4.69, 9.17) is 0 Å². The van der Waals surface area contributed by atoms with Gasteiger partial charge in [0.1, 0.15) is 4.88 Å². The molecule has 0 amide bonds. The first-order valence-electron chi connectivity index (χ1n) is 5.22. The van der Waals surface area contributed by atoms with E-state index in [2.05, 4.69) is 14.6 Å². The van der Waals surface area contributed by atoms with Crippen molar-refractivity contribution in [3.8, 4) is 0 Å². The summed E-state index contributed by atoms with van der Waals surface area (Å²) in [4.78, 5) is 17.8. The van der Waals surface area contributed by atoms with Gasteiger partial charge in [-0.2, -0.15) is 0 Å². The number of hydrogen-bond donors (Lipinski definition) is 0. The molecule has 17 heavy (non-hydrogen) atoms. The predicted molar refractivity (Wildman–Crippen MR) is 68.8 cm³/mol. The molecule has 0 fully saturated rings. The molecule has 0 bridgehead atoms. The second-order valence-corrected chi connectivity index (χ2v) is 6.49. The van der Waals surface area contributed by atoms with Gasteiger partial charge in [-0.05, 0) is 11.5 Å². The molecule has 2 aromatic rings. The van der Waals surface area contributed by atoms with Gasteiger partial charge in [-0.25, -0.2) is 0 Å². The van der Waals surface area contributed by atoms with Crippen molar-refractivity contribution in [3.63, 3.8) is 0 Å². The van der Waals surface area contributed by atoms with Crippen LogP contribution in [0.3, 0.4) is 0 Å². The first-order valence-corrected chi connectivity index (χ1v) is 6.87. The predicted octanol–water partition coefficient (Wildman–Crippen LogP) is 2.72. The van der Waals surface area contributed by atoms with E-state index in [9.17, 15) is 4.79 Å². The molecule has 0 aromatic carbocycles. The summed E-state index contributed by atoms with van der Waals surface area (Å²) in [6, 6.07) is 0. The number of rotatable bonds is 3. The number of aromatic nitrogens is 3. The minimum atomic E-state index is -0.147. The highest BCUT2D eigenvalue weighted by molar-refractivity contribution is 7.10. The average molecular weight is 267 g/mol. The minimum Gasteiger partial charge on any atom is -0.293 e. The molecule has 0 N–H and O–H groups in total. The Hall–Kier alpha value is -1.14.